The monoisotopic (exact) mass is 352 g/mol. The van der Waals surface area contributed by atoms with Crippen LogP contribution in [0.25, 0.3) is 0 Å². The summed E-state index contributed by atoms with van der Waals surface area (Å²) in [7, 11) is -4.97. The average Bonchev–Trinajstić information content (AvgIpc) is 2.36. The Hall–Kier alpha value is -0.503. The number of alkyl halides is 8. The van der Waals surface area contributed by atoms with E-state index >= 15 is 0 Å². The maximum Gasteiger partial charge on any atom is 0.680 e. The van der Waals surface area contributed by atoms with Crippen LogP contribution in [0.5, 0.6) is 0 Å². The van der Waals surface area contributed by atoms with Crippen molar-refractivity contribution >= 4 is 9.05 Å². The minimum Gasteiger partial charge on any atom is -0.345 e. The van der Waals surface area contributed by atoms with Crippen LogP contribution in [0.4, 0.5) is 35.1 Å². The molecule has 0 N–H and O–H groups in total. The molecule has 0 spiro atoms. The van der Waals surface area contributed by atoms with Gasteiger partial charge in [0, 0.05) is 0 Å². The first-order chi connectivity index (χ1) is 9.67. The van der Waals surface area contributed by atoms with E-state index in [2.05, 4.69) is 17.7 Å². The van der Waals surface area contributed by atoms with Gasteiger partial charge in [0.15, 0.2) is 0 Å². The molecule has 0 amide bonds. The van der Waals surface area contributed by atoms with Crippen molar-refractivity contribution in [2.75, 3.05) is 26.4 Å². The Morgan fingerprint density at radius 3 is 0.810 bits per heavy atom. The van der Waals surface area contributed by atoms with Crippen LogP contribution in [0.1, 0.15) is 0 Å². The Balaban J connectivity index is 4.85. The fourth-order valence-corrected chi connectivity index (χ4v) is 2.73. The van der Waals surface area contributed by atoms with E-state index in [4.69, 9.17) is 0 Å². The average molecular weight is 352 g/mol. The molecule has 0 heterocycles. The van der Waals surface area contributed by atoms with Crippen molar-refractivity contribution in [2.45, 2.75) is 25.7 Å². The maximum absolute atomic E-state index is 12.0. The summed E-state index contributed by atoms with van der Waals surface area (Å²) >= 11 is 0. The van der Waals surface area contributed by atoms with E-state index in [1.165, 1.54) is 0 Å². The van der Waals surface area contributed by atoms with Crippen molar-refractivity contribution in [2.24, 2.45) is 0 Å². The molecule has 0 aliphatic rings. The molecule has 4 nitrogen and oxygen atoms in total. The van der Waals surface area contributed by atoms with Crippen LogP contribution in [0, 0.1) is 0 Å². The standard InChI is InChI=1S/C8H12F8O4Si/c9-5(10)1-17-21(18-2-6(11)12,19-3-7(13)14)20-4-8(15)16/h5-8H,1-4H2. The molecule has 0 aromatic rings. The highest BCUT2D eigenvalue weighted by Crippen LogP contribution is 2.17. The number of rotatable bonds is 12. The minimum atomic E-state index is -4.97. The topological polar surface area (TPSA) is 36.9 Å². The van der Waals surface area contributed by atoms with Crippen LogP contribution in [-0.4, -0.2) is 61.2 Å². The second-order valence-electron chi connectivity index (χ2n) is 3.31. The lowest BCUT2D eigenvalue weighted by molar-refractivity contribution is -0.0979. The van der Waals surface area contributed by atoms with E-state index in [-0.39, 0.29) is 0 Å². The SMILES string of the molecule is FC(F)CO[Si](OCC(F)F)(OCC(F)F)OCC(F)F. The molecule has 13 heteroatoms. The Morgan fingerprint density at radius 2 is 0.667 bits per heavy atom. The fourth-order valence-electron chi connectivity index (χ4n) is 0.910. The first kappa shape index (κ1) is 20.5. The zero-order valence-electron chi connectivity index (χ0n) is 10.3. The van der Waals surface area contributed by atoms with Crippen molar-refractivity contribution < 1.29 is 52.8 Å². The molecule has 0 saturated heterocycles. The van der Waals surface area contributed by atoms with Crippen LogP contribution in [0.3, 0.4) is 0 Å². The van der Waals surface area contributed by atoms with Crippen molar-refractivity contribution in [3.05, 3.63) is 0 Å². The van der Waals surface area contributed by atoms with Crippen LogP contribution in [0.15, 0.2) is 0 Å². The molecule has 0 unspecified atom stereocenters. The van der Waals surface area contributed by atoms with Gasteiger partial charge in [-0.15, -0.1) is 0 Å². The summed E-state index contributed by atoms with van der Waals surface area (Å²) in [5.74, 6) is 0. The molecule has 21 heavy (non-hydrogen) atoms. The lowest BCUT2D eigenvalue weighted by atomic mass is 10.8. The molecular weight excluding hydrogens is 340 g/mol. The fraction of sp³-hybridized carbons (Fsp3) is 1.00. The van der Waals surface area contributed by atoms with E-state index in [1.54, 1.807) is 0 Å². The Kier molecular flexibility index (Phi) is 10.0. The van der Waals surface area contributed by atoms with E-state index in [0.29, 0.717) is 0 Å². The third kappa shape index (κ3) is 10.8. The molecule has 128 valence electrons. The highest BCUT2D eigenvalue weighted by atomic mass is 28.4. The molecule has 0 aromatic heterocycles. The lowest BCUT2D eigenvalue weighted by Crippen LogP contribution is -2.52. The molecule has 0 aliphatic carbocycles. The third-order valence-corrected chi connectivity index (χ3v) is 3.63. The van der Waals surface area contributed by atoms with Gasteiger partial charge in [0.2, 0.25) is 0 Å². The Morgan fingerprint density at radius 1 is 0.476 bits per heavy atom. The predicted molar refractivity (Wildman–Crippen MR) is 53.6 cm³/mol. The lowest BCUT2D eigenvalue weighted by Gasteiger charge is -2.27. The molecule has 0 rings (SSSR count). The zero-order valence-corrected chi connectivity index (χ0v) is 11.3. The van der Waals surface area contributed by atoms with Crippen molar-refractivity contribution in [1.82, 2.24) is 0 Å². The van der Waals surface area contributed by atoms with Gasteiger partial charge in [-0.05, 0) is 0 Å². The Bertz CT molecular complexity index is 217. The zero-order chi connectivity index (χ0) is 16.5. The van der Waals surface area contributed by atoms with Crippen LogP contribution in [0.2, 0.25) is 0 Å². The smallest absolute Gasteiger partial charge is 0.345 e. The summed E-state index contributed by atoms with van der Waals surface area (Å²) in [6, 6.07) is 0. The molecule has 0 aromatic carbocycles. The van der Waals surface area contributed by atoms with Crippen LogP contribution >= 0.6 is 0 Å². The van der Waals surface area contributed by atoms with Crippen molar-refractivity contribution in [3.63, 3.8) is 0 Å². The molecular formula is C8H12F8O4Si. The van der Waals surface area contributed by atoms with Gasteiger partial charge in [-0.1, -0.05) is 0 Å². The normalized spacial score (nSPS) is 13.1. The first-order valence-electron chi connectivity index (χ1n) is 5.35. The van der Waals surface area contributed by atoms with E-state index in [1.807, 2.05) is 0 Å². The van der Waals surface area contributed by atoms with E-state index in [0.717, 1.165) is 0 Å². The quantitative estimate of drug-likeness (QED) is 0.400. The second-order valence-corrected chi connectivity index (χ2v) is 5.46. The van der Waals surface area contributed by atoms with Gasteiger partial charge in [0.25, 0.3) is 25.7 Å². The van der Waals surface area contributed by atoms with Gasteiger partial charge >= 0.3 is 9.05 Å². The summed E-state index contributed by atoms with van der Waals surface area (Å²) in [6.45, 7) is -5.88. The van der Waals surface area contributed by atoms with Gasteiger partial charge in [0.1, 0.15) is 26.4 Å². The number of hydrogen-bond acceptors (Lipinski definition) is 4. The highest BCUT2D eigenvalue weighted by molar-refractivity contribution is 6.53. The molecule has 0 aliphatic heterocycles. The van der Waals surface area contributed by atoms with Gasteiger partial charge in [0.05, 0.1) is 0 Å². The van der Waals surface area contributed by atoms with E-state index in [9.17, 15) is 35.1 Å². The number of halogens is 8. The minimum absolute atomic E-state index is 1.47. The van der Waals surface area contributed by atoms with Gasteiger partial charge in [-0.25, -0.2) is 35.1 Å². The number of hydrogen-bond donors (Lipinski definition) is 0. The van der Waals surface area contributed by atoms with Gasteiger partial charge in [-0.3, -0.25) is 0 Å². The van der Waals surface area contributed by atoms with Gasteiger partial charge < -0.3 is 17.7 Å². The summed E-state index contributed by atoms with van der Waals surface area (Å²) in [5.41, 5.74) is 0. The van der Waals surface area contributed by atoms with Crippen molar-refractivity contribution in [3.8, 4) is 0 Å². The Labute approximate surface area is 115 Å². The molecule has 0 radical (unpaired) electrons. The molecule has 0 atom stereocenters. The summed E-state index contributed by atoms with van der Waals surface area (Å²) in [5, 5.41) is 0. The first-order valence-corrected chi connectivity index (χ1v) is 6.98. The molecule has 0 fully saturated rings. The van der Waals surface area contributed by atoms with Crippen molar-refractivity contribution in [1.29, 1.82) is 0 Å². The van der Waals surface area contributed by atoms with Crippen LogP contribution in [-0.2, 0) is 17.7 Å². The molecule has 0 saturated carbocycles. The second kappa shape index (κ2) is 10.3. The summed E-state index contributed by atoms with van der Waals surface area (Å²) < 4.78 is 113. The van der Waals surface area contributed by atoms with Gasteiger partial charge in [-0.2, -0.15) is 0 Å². The van der Waals surface area contributed by atoms with Crippen LogP contribution < -0.4 is 0 Å². The summed E-state index contributed by atoms with van der Waals surface area (Å²) in [6.07, 6.45) is -12.6. The maximum atomic E-state index is 12.0. The summed E-state index contributed by atoms with van der Waals surface area (Å²) in [4.78, 5) is 0. The largest absolute Gasteiger partial charge is 0.680 e. The third-order valence-electron chi connectivity index (χ3n) is 1.54. The predicted octanol–water partition coefficient (Wildman–Crippen LogP) is 2.55. The highest BCUT2D eigenvalue weighted by Gasteiger charge is 2.48. The van der Waals surface area contributed by atoms with E-state index < -0.39 is 61.2 Å². The molecule has 0 bridgehead atoms.